The van der Waals surface area contributed by atoms with Gasteiger partial charge in [0.1, 0.15) is 0 Å². The average Bonchev–Trinajstić information content (AvgIpc) is 2.16. The number of rotatable bonds is 2. The number of halogens is 3. The van der Waals surface area contributed by atoms with Gasteiger partial charge in [0, 0.05) is 25.8 Å². The van der Waals surface area contributed by atoms with Crippen LogP contribution in [-0.2, 0) is 19.5 Å². The molecule has 0 aliphatic heterocycles. The van der Waals surface area contributed by atoms with Crippen LogP contribution in [0.25, 0.3) is 4.98 Å². The predicted octanol–water partition coefficient (Wildman–Crippen LogP) is -7.06. The summed E-state index contributed by atoms with van der Waals surface area (Å²) >= 11 is 0. The van der Waals surface area contributed by atoms with Crippen LogP contribution in [-0.4, -0.2) is 25.2 Å². The molecule has 0 spiro atoms. The summed E-state index contributed by atoms with van der Waals surface area (Å²) < 4.78 is 0. The Morgan fingerprint density at radius 3 is 2.11 bits per heavy atom. The Hall–Kier alpha value is -0.597. The summed E-state index contributed by atoms with van der Waals surface area (Å²) in [6.45, 7) is 0. The quantitative estimate of drug-likeness (QED) is 0.419. The third kappa shape index (κ3) is 6.37. The number of aromatic carboxylic acids is 1. The van der Waals surface area contributed by atoms with Gasteiger partial charge in [-0.15, -0.1) is 0 Å². The van der Waals surface area contributed by atoms with Gasteiger partial charge in [0.25, 0.3) is 0 Å². The second-order valence-corrected chi connectivity index (χ2v) is 3.00. The molecule has 1 N–H and O–H groups in total. The second kappa shape index (κ2) is 11.5. The van der Waals surface area contributed by atoms with Gasteiger partial charge >= 0.3 is 31.1 Å². The minimum absolute atomic E-state index is 0. The summed E-state index contributed by atoms with van der Waals surface area (Å²) in [6, 6.07) is 4.59. The molecule has 96 valence electrons. The van der Waals surface area contributed by atoms with E-state index in [1.807, 2.05) is 0 Å². The van der Waals surface area contributed by atoms with Gasteiger partial charge in [-0.1, -0.05) is 0 Å². The number of benzene rings is 1. The molecule has 5 nitrogen and oxygen atoms in total. The molecule has 0 amide bonds. The number of hydrogen-bond acceptors (Lipinski definition) is 3. The van der Waals surface area contributed by atoms with E-state index in [4.69, 9.17) is 10.5 Å². The van der Waals surface area contributed by atoms with E-state index in [0.29, 0.717) is 0 Å². The predicted molar refractivity (Wildman–Crippen MR) is 52.5 cm³/mol. The Kier molecular flexibility index (Phi) is 16.6. The van der Waals surface area contributed by atoms with Crippen LogP contribution in [0.4, 0.5) is 11.4 Å². The zero-order valence-corrected chi connectivity index (χ0v) is 15.0. The van der Waals surface area contributed by atoms with Crippen molar-refractivity contribution in [3.8, 4) is 0 Å². The SMILES string of the molecule is CN(C)c1ccc([N+]#N)c(C(=O)O)c1.[Cl-].[Cl-].[Cl-].[Zn+2]. The van der Waals surface area contributed by atoms with E-state index in [-0.39, 0.29) is 67.9 Å². The van der Waals surface area contributed by atoms with Crippen LogP contribution in [0.2, 0.25) is 0 Å². The molecule has 0 fully saturated rings. The number of anilines is 1. The van der Waals surface area contributed by atoms with E-state index in [0.717, 1.165) is 5.69 Å². The Balaban J connectivity index is -0.000000245. The van der Waals surface area contributed by atoms with Gasteiger partial charge in [0.15, 0.2) is 10.5 Å². The molecule has 0 aliphatic carbocycles. The summed E-state index contributed by atoms with van der Waals surface area (Å²) in [6.07, 6.45) is 0. The Bertz CT molecular complexity index is 424. The third-order valence-corrected chi connectivity index (χ3v) is 1.83. The standard InChI is InChI=1S/C9H9N3O2.3ClH.Zn/c1-12(2)6-3-4-8(11-10)7(5-6)9(13)14;;;;/h3-5H,1-2H3;3*1H;/q;;;;+2/p-2. The largest absolute Gasteiger partial charge is 2.00 e. The summed E-state index contributed by atoms with van der Waals surface area (Å²) in [5.41, 5.74) is 0.789. The molecule has 1 rings (SSSR count). The van der Waals surface area contributed by atoms with E-state index in [1.54, 1.807) is 25.1 Å². The van der Waals surface area contributed by atoms with E-state index in [2.05, 4.69) is 4.98 Å². The first-order valence-corrected chi connectivity index (χ1v) is 3.96. The molecule has 0 heterocycles. The summed E-state index contributed by atoms with van der Waals surface area (Å²) in [5.74, 6) is -1.11. The first kappa shape index (κ1) is 26.1. The van der Waals surface area contributed by atoms with Crippen LogP contribution in [0, 0.1) is 5.39 Å². The maximum Gasteiger partial charge on any atom is 2.00 e. The van der Waals surface area contributed by atoms with Crippen molar-refractivity contribution in [3.63, 3.8) is 0 Å². The molecular weight excluding hydrogens is 354 g/mol. The Morgan fingerprint density at radius 1 is 1.28 bits per heavy atom. The van der Waals surface area contributed by atoms with E-state index in [1.165, 1.54) is 12.1 Å². The number of nitrogens with zero attached hydrogens (tertiary/aromatic N) is 3. The van der Waals surface area contributed by atoms with Crippen molar-refractivity contribution in [1.29, 1.82) is 5.39 Å². The van der Waals surface area contributed by atoms with Gasteiger partial charge in [-0.2, -0.15) is 0 Å². The Labute approximate surface area is 137 Å². The molecule has 0 saturated heterocycles. The third-order valence-electron chi connectivity index (χ3n) is 1.83. The van der Waals surface area contributed by atoms with Gasteiger partial charge in [-0.3, -0.25) is 0 Å². The molecule has 0 bridgehead atoms. The molecule has 1 aromatic carbocycles. The molecule has 0 saturated carbocycles. The minimum Gasteiger partial charge on any atom is -1.00 e. The van der Waals surface area contributed by atoms with Crippen molar-refractivity contribution in [2.45, 2.75) is 0 Å². The summed E-state index contributed by atoms with van der Waals surface area (Å²) in [4.78, 5) is 15.4. The monoisotopic (exact) mass is 361 g/mol. The van der Waals surface area contributed by atoms with Crippen LogP contribution < -0.4 is 42.1 Å². The van der Waals surface area contributed by atoms with E-state index < -0.39 is 5.97 Å². The average molecular weight is 364 g/mol. The molecule has 0 aliphatic rings. The molecule has 18 heavy (non-hydrogen) atoms. The molecule has 0 atom stereocenters. The van der Waals surface area contributed by atoms with Crippen molar-refractivity contribution in [2.24, 2.45) is 0 Å². The maximum absolute atomic E-state index is 10.8. The van der Waals surface area contributed by atoms with E-state index in [9.17, 15) is 4.79 Å². The summed E-state index contributed by atoms with van der Waals surface area (Å²) in [5, 5.41) is 17.4. The van der Waals surface area contributed by atoms with Gasteiger partial charge in [0.2, 0.25) is 5.39 Å². The first-order chi connectivity index (χ1) is 6.56. The molecule has 1 aromatic rings. The van der Waals surface area contributed by atoms with Crippen LogP contribution in [0.3, 0.4) is 0 Å². The number of diazo groups is 1. The normalized spacial score (nSPS) is 7.17. The maximum atomic E-state index is 10.8. The van der Waals surface area contributed by atoms with Gasteiger partial charge < -0.3 is 47.2 Å². The van der Waals surface area contributed by atoms with Crippen LogP contribution in [0.1, 0.15) is 10.4 Å². The van der Waals surface area contributed by atoms with Crippen LogP contribution >= 0.6 is 0 Å². The molecule has 0 radical (unpaired) electrons. The fraction of sp³-hybridized carbons (Fsp3) is 0.222. The molecule has 0 aromatic heterocycles. The van der Waals surface area contributed by atoms with Crippen molar-refractivity contribution in [3.05, 3.63) is 28.7 Å². The smallest absolute Gasteiger partial charge is 1.00 e. The van der Waals surface area contributed by atoms with Crippen molar-refractivity contribution >= 4 is 17.3 Å². The van der Waals surface area contributed by atoms with Crippen molar-refractivity contribution in [2.75, 3.05) is 19.0 Å². The fourth-order valence-electron chi connectivity index (χ4n) is 1.06. The van der Waals surface area contributed by atoms with Crippen molar-refractivity contribution in [1.82, 2.24) is 0 Å². The summed E-state index contributed by atoms with van der Waals surface area (Å²) in [7, 11) is 3.60. The topological polar surface area (TPSA) is 68.7 Å². The number of carboxylic acids is 1. The number of carboxylic acid groups (broad SMARTS) is 1. The molecule has 9 heteroatoms. The van der Waals surface area contributed by atoms with Crippen LogP contribution in [0.5, 0.6) is 0 Å². The second-order valence-electron chi connectivity index (χ2n) is 3.00. The number of carbonyl (C=O) groups is 1. The molecular formula is C9H10Cl3N3O2Zn. The van der Waals surface area contributed by atoms with Gasteiger partial charge in [-0.25, -0.2) is 4.79 Å². The zero-order valence-electron chi connectivity index (χ0n) is 9.77. The Morgan fingerprint density at radius 2 is 1.78 bits per heavy atom. The van der Waals surface area contributed by atoms with Gasteiger partial charge in [0.05, 0.1) is 0 Å². The van der Waals surface area contributed by atoms with Gasteiger partial charge in [-0.05, 0) is 12.1 Å². The minimum atomic E-state index is -1.11. The molecule has 0 unspecified atom stereocenters. The van der Waals surface area contributed by atoms with Crippen LogP contribution in [0.15, 0.2) is 18.2 Å². The fourth-order valence-corrected chi connectivity index (χ4v) is 1.06. The number of hydrogen-bond donors (Lipinski definition) is 1. The zero-order chi connectivity index (χ0) is 10.7. The first-order valence-electron chi connectivity index (χ1n) is 3.96. The van der Waals surface area contributed by atoms with Crippen molar-refractivity contribution < 1.29 is 66.6 Å². The van der Waals surface area contributed by atoms with E-state index >= 15 is 0 Å².